The van der Waals surface area contributed by atoms with E-state index in [4.69, 9.17) is 4.52 Å². The number of rotatable bonds is 5. The predicted molar refractivity (Wildman–Crippen MR) is 101 cm³/mol. The van der Waals surface area contributed by atoms with Crippen molar-refractivity contribution in [1.29, 1.82) is 0 Å². The Hall–Kier alpha value is -3.22. The molecule has 1 saturated heterocycles. The second-order valence-corrected chi connectivity index (χ2v) is 6.63. The van der Waals surface area contributed by atoms with Gasteiger partial charge in [-0.15, -0.1) is 0 Å². The molecule has 7 nitrogen and oxygen atoms in total. The number of hydrogen-bond acceptors (Lipinski definition) is 6. The molecule has 0 saturated carbocycles. The summed E-state index contributed by atoms with van der Waals surface area (Å²) in [6, 6.07) is 11.1. The lowest BCUT2D eigenvalue weighted by atomic mass is 10.1. The topological polar surface area (TPSA) is 84.2 Å². The summed E-state index contributed by atoms with van der Waals surface area (Å²) in [4.78, 5) is 23.3. The van der Waals surface area contributed by atoms with Crippen LogP contribution >= 0.6 is 0 Å². The van der Waals surface area contributed by atoms with Gasteiger partial charge in [0.2, 0.25) is 0 Å². The van der Waals surface area contributed by atoms with Crippen LogP contribution in [0.5, 0.6) is 0 Å². The number of anilines is 1. The molecule has 2 aromatic heterocycles. The summed E-state index contributed by atoms with van der Waals surface area (Å²) in [6.07, 6.45) is 4.28. The van der Waals surface area contributed by atoms with Gasteiger partial charge in [-0.25, -0.2) is 4.98 Å². The summed E-state index contributed by atoms with van der Waals surface area (Å²) in [6.45, 7) is 4.35. The van der Waals surface area contributed by atoms with Crippen molar-refractivity contribution in [2.75, 3.05) is 18.0 Å². The van der Waals surface area contributed by atoms with Crippen LogP contribution in [-0.4, -0.2) is 34.1 Å². The zero-order valence-electron chi connectivity index (χ0n) is 15.2. The minimum atomic E-state index is -0.133. The minimum Gasteiger partial charge on any atom is -0.357 e. The molecular weight excluding hydrogens is 342 g/mol. The van der Waals surface area contributed by atoms with E-state index in [9.17, 15) is 4.79 Å². The van der Waals surface area contributed by atoms with Gasteiger partial charge in [0.25, 0.3) is 11.8 Å². The number of carbonyl (C=O) groups excluding carboxylic acids is 1. The van der Waals surface area contributed by atoms with Crippen molar-refractivity contribution in [3.8, 4) is 11.5 Å². The van der Waals surface area contributed by atoms with Gasteiger partial charge < -0.3 is 14.7 Å². The summed E-state index contributed by atoms with van der Waals surface area (Å²) in [5, 5.41) is 6.69. The first kappa shape index (κ1) is 17.2. The van der Waals surface area contributed by atoms with Gasteiger partial charge in [-0.3, -0.25) is 4.79 Å². The summed E-state index contributed by atoms with van der Waals surface area (Å²) in [7, 11) is 0. The van der Waals surface area contributed by atoms with E-state index in [0.29, 0.717) is 23.8 Å². The highest BCUT2D eigenvalue weighted by Gasteiger charge is 2.13. The SMILES string of the molecule is Cc1noc(-c2ccc(C(=O)NCc3ccc(N4CCCC4)nc3)cc2)n1. The highest BCUT2D eigenvalue weighted by molar-refractivity contribution is 5.94. The lowest BCUT2D eigenvalue weighted by Gasteiger charge is -2.16. The third kappa shape index (κ3) is 3.97. The van der Waals surface area contributed by atoms with E-state index in [1.807, 2.05) is 18.3 Å². The van der Waals surface area contributed by atoms with Crippen molar-refractivity contribution >= 4 is 11.7 Å². The number of nitrogens with zero attached hydrogens (tertiary/aromatic N) is 4. The van der Waals surface area contributed by atoms with Crippen molar-refractivity contribution in [2.45, 2.75) is 26.3 Å². The zero-order valence-corrected chi connectivity index (χ0v) is 15.2. The predicted octanol–water partition coefficient (Wildman–Crippen LogP) is 2.97. The first-order valence-corrected chi connectivity index (χ1v) is 9.08. The Kier molecular flexibility index (Phi) is 4.82. The third-order valence-corrected chi connectivity index (χ3v) is 4.61. The van der Waals surface area contributed by atoms with Crippen LogP contribution in [0, 0.1) is 6.92 Å². The minimum absolute atomic E-state index is 0.133. The van der Waals surface area contributed by atoms with E-state index >= 15 is 0 Å². The number of benzene rings is 1. The largest absolute Gasteiger partial charge is 0.357 e. The fourth-order valence-corrected chi connectivity index (χ4v) is 3.12. The van der Waals surface area contributed by atoms with E-state index in [1.165, 1.54) is 12.8 Å². The Morgan fingerprint density at radius 2 is 1.93 bits per heavy atom. The van der Waals surface area contributed by atoms with Crippen LogP contribution in [0.3, 0.4) is 0 Å². The molecule has 0 atom stereocenters. The molecular formula is C20H21N5O2. The molecule has 1 fully saturated rings. The molecule has 0 spiro atoms. The summed E-state index contributed by atoms with van der Waals surface area (Å²) in [5.74, 6) is 1.90. The number of hydrogen-bond donors (Lipinski definition) is 1. The Bertz CT molecular complexity index is 912. The van der Waals surface area contributed by atoms with Gasteiger partial charge in [0.15, 0.2) is 5.82 Å². The Balaban J connectivity index is 1.35. The molecule has 7 heteroatoms. The maximum atomic E-state index is 12.4. The smallest absolute Gasteiger partial charge is 0.257 e. The highest BCUT2D eigenvalue weighted by atomic mass is 16.5. The van der Waals surface area contributed by atoms with Gasteiger partial charge in [0, 0.05) is 37.0 Å². The van der Waals surface area contributed by atoms with Gasteiger partial charge in [0.05, 0.1) is 0 Å². The van der Waals surface area contributed by atoms with Crippen LogP contribution in [0.2, 0.25) is 0 Å². The summed E-state index contributed by atoms with van der Waals surface area (Å²) >= 11 is 0. The first-order chi connectivity index (χ1) is 13.2. The molecule has 1 aromatic carbocycles. The molecule has 138 valence electrons. The quantitative estimate of drug-likeness (QED) is 0.750. The fraction of sp³-hybridized carbons (Fsp3) is 0.300. The number of aromatic nitrogens is 3. The number of nitrogens with one attached hydrogen (secondary N) is 1. The van der Waals surface area contributed by atoms with Crippen LogP contribution in [0.1, 0.15) is 34.6 Å². The Labute approximate surface area is 157 Å². The zero-order chi connectivity index (χ0) is 18.6. The molecule has 0 radical (unpaired) electrons. The number of aryl methyl sites for hydroxylation is 1. The fourth-order valence-electron chi connectivity index (χ4n) is 3.12. The van der Waals surface area contributed by atoms with E-state index in [2.05, 4.69) is 25.3 Å². The number of pyridine rings is 1. The second kappa shape index (κ2) is 7.57. The van der Waals surface area contributed by atoms with Gasteiger partial charge >= 0.3 is 0 Å². The molecule has 1 N–H and O–H groups in total. The average molecular weight is 363 g/mol. The van der Waals surface area contributed by atoms with Crippen molar-refractivity contribution in [1.82, 2.24) is 20.4 Å². The lowest BCUT2D eigenvalue weighted by molar-refractivity contribution is 0.0951. The van der Waals surface area contributed by atoms with Crippen molar-refractivity contribution < 1.29 is 9.32 Å². The van der Waals surface area contributed by atoms with Crippen LogP contribution in [0.25, 0.3) is 11.5 Å². The Morgan fingerprint density at radius 3 is 2.56 bits per heavy atom. The van der Waals surface area contributed by atoms with Gasteiger partial charge in [-0.1, -0.05) is 11.2 Å². The summed E-state index contributed by atoms with van der Waals surface area (Å²) in [5.41, 5.74) is 2.34. The van der Waals surface area contributed by atoms with Gasteiger partial charge in [0.1, 0.15) is 5.82 Å². The monoisotopic (exact) mass is 363 g/mol. The second-order valence-electron chi connectivity index (χ2n) is 6.63. The van der Waals surface area contributed by atoms with Crippen LogP contribution in [0.4, 0.5) is 5.82 Å². The molecule has 4 rings (SSSR count). The molecule has 1 aliphatic heterocycles. The maximum absolute atomic E-state index is 12.4. The standard InChI is InChI=1S/C20H21N5O2/c1-14-23-20(27-24-14)17-7-5-16(6-8-17)19(26)22-13-15-4-9-18(21-12-15)25-10-2-3-11-25/h4-9,12H,2-3,10-11,13H2,1H3,(H,22,26). The van der Waals surface area contributed by atoms with Crippen molar-refractivity contribution in [3.05, 3.63) is 59.5 Å². The van der Waals surface area contributed by atoms with Gasteiger partial charge in [-0.2, -0.15) is 4.98 Å². The lowest BCUT2D eigenvalue weighted by Crippen LogP contribution is -2.23. The van der Waals surface area contributed by atoms with Crippen LogP contribution in [0.15, 0.2) is 47.1 Å². The number of carbonyl (C=O) groups is 1. The first-order valence-electron chi connectivity index (χ1n) is 9.08. The van der Waals surface area contributed by atoms with Crippen molar-refractivity contribution in [3.63, 3.8) is 0 Å². The summed E-state index contributed by atoms with van der Waals surface area (Å²) < 4.78 is 5.13. The van der Waals surface area contributed by atoms with E-state index < -0.39 is 0 Å². The van der Waals surface area contributed by atoms with Crippen molar-refractivity contribution in [2.24, 2.45) is 0 Å². The van der Waals surface area contributed by atoms with Crippen LogP contribution in [-0.2, 0) is 6.54 Å². The molecule has 27 heavy (non-hydrogen) atoms. The van der Waals surface area contributed by atoms with E-state index in [1.54, 1.807) is 31.2 Å². The maximum Gasteiger partial charge on any atom is 0.257 e. The van der Waals surface area contributed by atoms with Gasteiger partial charge in [-0.05, 0) is 55.7 Å². The third-order valence-electron chi connectivity index (χ3n) is 4.61. The average Bonchev–Trinajstić information content (AvgIpc) is 3.39. The molecule has 0 aliphatic carbocycles. The molecule has 1 amide bonds. The molecule has 3 aromatic rings. The van der Waals surface area contributed by atoms with Crippen LogP contribution < -0.4 is 10.2 Å². The molecule has 0 unspecified atom stereocenters. The highest BCUT2D eigenvalue weighted by Crippen LogP contribution is 2.19. The normalized spacial score (nSPS) is 13.7. The number of amides is 1. The molecule has 1 aliphatic rings. The Morgan fingerprint density at radius 1 is 1.15 bits per heavy atom. The van der Waals surface area contributed by atoms with E-state index in [-0.39, 0.29) is 5.91 Å². The molecule has 0 bridgehead atoms. The van der Waals surface area contributed by atoms with E-state index in [0.717, 1.165) is 30.0 Å². The molecule has 3 heterocycles.